The molecule has 1 aliphatic rings. The van der Waals surface area contributed by atoms with Crippen molar-refractivity contribution in [2.45, 2.75) is 65.0 Å². The fraction of sp³-hybridized carbons (Fsp3) is 0.857. The molecule has 1 aromatic rings. The molecule has 0 aromatic carbocycles. The van der Waals surface area contributed by atoms with Gasteiger partial charge in [-0.25, -0.2) is 0 Å². The van der Waals surface area contributed by atoms with Gasteiger partial charge in [-0.2, -0.15) is 0 Å². The second-order valence-corrected chi connectivity index (χ2v) is 5.86. The van der Waals surface area contributed by atoms with Crippen molar-refractivity contribution in [3.05, 3.63) is 5.89 Å². The Morgan fingerprint density at radius 3 is 2.58 bits per heavy atom. The largest absolute Gasteiger partial charge is 0.407 e. The van der Waals surface area contributed by atoms with E-state index in [0.717, 1.165) is 6.54 Å². The van der Waals surface area contributed by atoms with Crippen molar-refractivity contribution >= 4 is 6.01 Å². The molecule has 2 N–H and O–H groups in total. The van der Waals surface area contributed by atoms with E-state index in [9.17, 15) is 0 Å². The lowest BCUT2D eigenvalue weighted by atomic mass is 10.1. The summed E-state index contributed by atoms with van der Waals surface area (Å²) in [4.78, 5) is 0. The van der Waals surface area contributed by atoms with Gasteiger partial charge in [0.25, 0.3) is 0 Å². The number of hydrogen-bond acceptors (Lipinski definition) is 5. The molecule has 0 spiro atoms. The Kier molecular flexibility index (Phi) is 5.63. The van der Waals surface area contributed by atoms with Crippen LogP contribution >= 0.6 is 0 Å². The molecular formula is C14H26N4O. The predicted octanol–water partition coefficient (Wildman–Crippen LogP) is 2.95. The first-order chi connectivity index (χ1) is 9.24. The molecule has 1 heterocycles. The van der Waals surface area contributed by atoms with Crippen LogP contribution in [0.15, 0.2) is 4.42 Å². The van der Waals surface area contributed by atoms with E-state index in [1.54, 1.807) is 0 Å². The Morgan fingerprint density at radius 2 is 1.89 bits per heavy atom. The molecule has 0 unspecified atom stereocenters. The summed E-state index contributed by atoms with van der Waals surface area (Å²) in [6.45, 7) is 5.98. The van der Waals surface area contributed by atoms with Gasteiger partial charge in [0.1, 0.15) is 0 Å². The number of aromatic nitrogens is 2. The Balaban J connectivity index is 1.76. The molecule has 5 heteroatoms. The summed E-state index contributed by atoms with van der Waals surface area (Å²) in [6, 6.07) is 1.08. The van der Waals surface area contributed by atoms with Crippen LogP contribution in [0.3, 0.4) is 0 Å². The van der Waals surface area contributed by atoms with Crippen LogP contribution < -0.4 is 10.6 Å². The summed E-state index contributed by atoms with van der Waals surface area (Å²) < 4.78 is 5.61. The van der Waals surface area contributed by atoms with E-state index in [4.69, 9.17) is 4.42 Å². The van der Waals surface area contributed by atoms with E-state index in [1.807, 2.05) is 0 Å². The third-order valence-electron chi connectivity index (χ3n) is 3.48. The highest BCUT2D eigenvalue weighted by molar-refractivity contribution is 5.19. The van der Waals surface area contributed by atoms with Crippen molar-refractivity contribution in [1.82, 2.24) is 15.5 Å². The van der Waals surface area contributed by atoms with Crippen molar-refractivity contribution in [3.8, 4) is 0 Å². The number of hydrogen-bond donors (Lipinski definition) is 2. The molecule has 0 aliphatic heterocycles. The lowest BCUT2D eigenvalue weighted by molar-refractivity contribution is 0.453. The quantitative estimate of drug-likeness (QED) is 0.775. The maximum absolute atomic E-state index is 5.61. The Hall–Kier alpha value is -1.10. The van der Waals surface area contributed by atoms with Crippen LogP contribution in [-0.2, 0) is 6.54 Å². The Bertz CT molecular complexity index is 356. The van der Waals surface area contributed by atoms with Crippen LogP contribution in [0.5, 0.6) is 0 Å². The summed E-state index contributed by atoms with van der Waals surface area (Å²) in [7, 11) is 0. The van der Waals surface area contributed by atoms with E-state index < -0.39 is 0 Å². The zero-order chi connectivity index (χ0) is 13.5. The van der Waals surface area contributed by atoms with Crippen LogP contribution in [0, 0.1) is 5.92 Å². The molecule has 19 heavy (non-hydrogen) atoms. The van der Waals surface area contributed by atoms with Crippen LogP contribution in [0.25, 0.3) is 0 Å². The van der Waals surface area contributed by atoms with E-state index in [0.29, 0.717) is 30.4 Å². The third kappa shape index (κ3) is 5.19. The zero-order valence-corrected chi connectivity index (χ0v) is 12.1. The molecule has 2 rings (SSSR count). The van der Waals surface area contributed by atoms with E-state index in [1.165, 1.54) is 38.5 Å². The zero-order valence-electron chi connectivity index (χ0n) is 12.1. The molecule has 0 amide bonds. The van der Waals surface area contributed by atoms with E-state index in [-0.39, 0.29) is 0 Å². The first kappa shape index (κ1) is 14.3. The SMILES string of the molecule is CC(C)CNCc1nnc(NC2CCCCCC2)o1. The summed E-state index contributed by atoms with van der Waals surface area (Å²) in [6.07, 6.45) is 7.73. The molecule has 1 aliphatic carbocycles. The van der Waals surface area contributed by atoms with Gasteiger partial charge in [0.2, 0.25) is 5.89 Å². The minimum absolute atomic E-state index is 0.499. The smallest absolute Gasteiger partial charge is 0.315 e. The molecule has 0 radical (unpaired) electrons. The molecule has 0 bridgehead atoms. The molecule has 0 saturated heterocycles. The number of rotatable bonds is 6. The summed E-state index contributed by atoms with van der Waals surface area (Å²) in [5.74, 6) is 1.29. The van der Waals surface area contributed by atoms with Crippen molar-refractivity contribution in [2.24, 2.45) is 5.92 Å². The number of nitrogens with zero attached hydrogens (tertiary/aromatic N) is 2. The van der Waals surface area contributed by atoms with Gasteiger partial charge in [-0.05, 0) is 25.3 Å². The van der Waals surface area contributed by atoms with E-state index >= 15 is 0 Å². The molecule has 108 valence electrons. The lowest BCUT2D eigenvalue weighted by Gasteiger charge is -2.13. The minimum Gasteiger partial charge on any atom is -0.407 e. The van der Waals surface area contributed by atoms with Gasteiger partial charge in [-0.15, -0.1) is 5.10 Å². The van der Waals surface area contributed by atoms with Gasteiger partial charge in [0, 0.05) is 6.04 Å². The summed E-state index contributed by atoms with van der Waals surface area (Å²) in [5, 5.41) is 14.8. The Morgan fingerprint density at radius 1 is 1.16 bits per heavy atom. The standard InChI is InChI=1S/C14H26N4O/c1-11(2)9-15-10-13-17-18-14(19-13)16-12-7-5-3-4-6-8-12/h11-12,15H,3-10H2,1-2H3,(H,16,18). The van der Waals surface area contributed by atoms with Gasteiger partial charge >= 0.3 is 6.01 Å². The average Bonchev–Trinajstić information content (AvgIpc) is 2.65. The second kappa shape index (κ2) is 7.48. The highest BCUT2D eigenvalue weighted by Crippen LogP contribution is 2.20. The van der Waals surface area contributed by atoms with Crippen LogP contribution in [0.2, 0.25) is 0 Å². The molecule has 0 atom stereocenters. The van der Waals surface area contributed by atoms with Gasteiger partial charge < -0.3 is 15.1 Å². The second-order valence-electron chi connectivity index (χ2n) is 5.86. The van der Waals surface area contributed by atoms with Crippen LogP contribution in [0.1, 0.15) is 58.3 Å². The molecule has 5 nitrogen and oxygen atoms in total. The fourth-order valence-electron chi connectivity index (χ4n) is 2.45. The first-order valence-corrected chi connectivity index (χ1v) is 7.53. The maximum Gasteiger partial charge on any atom is 0.315 e. The van der Waals surface area contributed by atoms with Gasteiger partial charge in [0.05, 0.1) is 6.54 Å². The molecule has 1 aromatic heterocycles. The highest BCUT2D eigenvalue weighted by Gasteiger charge is 2.15. The van der Waals surface area contributed by atoms with Crippen molar-refractivity contribution in [3.63, 3.8) is 0 Å². The van der Waals surface area contributed by atoms with Gasteiger partial charge in [0.15, 0.2) is 0 Å². The van der Waals surface area contributed by atoms with Crippen molar-refractivity contribution < 1.29 is 4.42 Å². The van der Waals surface area contributed by atoms with Crippen LogP contribution in [-0.4, -0.2) is 22.8 Å². The maximum atomic E-state index is 5.61. The molecular weight excluding hydrogens is 240 g/mol. The third-order valence-corrected chi connectivity index (χ3v) is 3.48. The average molecular weight is 266 g/mol. The topological polar surface area (TPSA) is 63.0 Å². The first-order valence-electron chi connectivity index (χ1n) is 7.53. The fourth-order valence-corrected chi connectivity index (χ4v) is 2.45. The Labute approximate surface area is 115 Å². The predicted molar refractivity (Wildman–Crippen MR) is 76.0 cm³/mol. The van der Waals surface area contributed by atoms with Crippen LogP contribution in [0.4, 0.5) is 6.01 Å². The highest BCUT2D eigenvalue weighted by atomic mass is 16.4. The van der Waals surface area contributed by atoms with Crippen molar-refractivity contribution in [1.29, 1.82) is 0 Å². The van der Waals surface area contributed by atoms with E-state index in [2.05, 4.69) is 34.7 Å². The molecule has 1 fully saturated rings. The minimum atomic E-state index is 0.499. The van der Waals surface area contributed by atoms with Gasteiger partial charge in [-0.3, -0.25) is 0 Å². The van der Waals surface area contributed by atoms with Gasteiger partial charge in [-0.1, -0.05) is 44.6 Å². The number of nitrogens with one attached hydrogen (secondary N) is 2. The monoisotopic (exact) mass is 266 g/mol. The normalized spacial score (nSPS) is 17.6. The summed E-state index contributed by atoms with van der Waals surface area (Å²) in [5.41, 5.74) is 0. The lowest BCUT2D eigenvalue weighted by Crippen LogP contribution is -2.19. The number of anilines is 1. The summed E-state index contributed by atoms with van der Waals surface area (Å²) >= 11 is 0. The van der Waals surface area contributed by atoms with Crippen molar-refractivity contribution in [2.75, 3.05) is 11.9 Å². The molecule has 1 saturated carbocycles.